The predicted octanol–water partition coefficient (Wildman–Crippen LogP) is 1.61. The lowest BCUT2D eigenvalue weighted by Gasteiger charge is -2.14. The van der Waals surface area contributed by atoms with E-state index in [2.05, 4.69) is 10.0 Å². The number of rotatable bonds is 4. The first-order valence-electron chi connectivity index (χ1n) is 6.24. The van der Waals surface area contributed by atoms with E-state index in [0.717, 1.165) is 16.2 Å². The van der Waals surface area contributed by atoms with Crippen LogP contribution >= 0.6 is 11.3 Å². The molecule has 1 saturated heterocycles. The SMILES string of the molecule is O=C1CNC(=O)N1c1cccc(NS(=O)(=O)c2cccs2)c1. The van der Waals surface area contributed by atoms with Gasteiger partial charge in [0, 0.05) is 0 Å². The van der Waals surface area contributed by atoms with Gasteiger partial charge in [-0.3, -0.25) is 9.52 Å². The van der Waals surface area contributed by atoms with Gasteiger partial charge >= 0.3 is 6.03 Å². The van der Waals surface area contributed by atoms with Crippen LogP contribution < -0.4 is 14.9 Å². The number of urea groups is 1. The van der Waals surface area contributed by atoms with Crippen LogP contribution in [-0.2, 0) is 14.8 Å². The van der Waals surface area contributed by atoms with Crippen LogP contribution in [0.5, 0.6) is 0 Å². The van der Waals surface area contributed by atoms with Gasteiger partial charge in [0.05, 0.1) is 17.9 Å². The maximum absolute atomic E-state index is 12.2. The van der Waals surface area contributed by atoms with E-state index in [1.807, 2.05) is 0 Å². The van der Waals surface area contributed by atoms with Crippen molar-refractivity contribution in [3.05, 3.63) is 41.8 Å². The van der Waals surface area contributed by atoms with Crippen molar-refractivity contribution in [2.24, 2.45) is 0 Å². The minimum absolute atomic E-state index is 0.0655. The molecule has 0 aliphatic carbocycles. The summed E-state index contributed by atoms with van der Waals surface area (Å²) in [6, 6.07) is 8.73. The third-order valence-corrected chi connectivity index (χ3v) is 5.74. The van der Waals surface area contributed by atoms with Gasteiger partial charge in [-0.2, -0.15) is 0 Å². The van der Waals surface area contributed by atoms with Crippen molar-refractivity contribution in [1.82, 2.24) is 5.32 Å². The Bertz CT molecular complexity index is 815. The summed E-state index contributed by atoms with van der Waals surface area (Å²) in [5.41, 5.74) is 0.588. The maximum atomic E-state index is 12.2. The van der Waals surface area contributed by atoms with Crippen LogP contribution in [0.4, 0.5) is 16.2 Å². The lowest BCUT2D eigenvalue weighted by Crippen LogP contribution is -2.30. The molecule has 0 atom stereocenters. The third kappa shape index (κ3) is 2.68. The quantitative estimate of drug-likeness (QED) is 0.829. The van der Waals surface area contributed by atoms with Crippen molar-refractivity contribution in [3.63, 3.8) is 0 Å². The zero-order chi connectivity index (χ0) is 15.7. The number of benzene rings is 1. The first kappa shape index (κ1) is 14.5. The first-order chi connectivity index (χ1) is 10.5. The molecule has 2 aromatic rings. The lowest BCUT2D eigenvalue weighted by atomic mass is 10.2. The summed E-state index contributed by atoms with van der Waals surface area (Å²) in [6.07, 6.45) is 0. The van der Waals surface area contributed by atoms with Gasteiger partial charge in [-0.05, 0) is 29.6 Å². The summed E-state index contributed by atoms with van der Waals surface area (Å²) >= 11 is 1.10. The maximum Gasteiger partial charge on any atom is 0.329 e. The van der Waals surface area contributed by atoms with E-state index < -0.39 is 16.1 Å². The molecule has 1 aliphatic rings. The Kier molecular flexibility index (Phi) is 3.59. The van der Waals surface area contributed by atoms with E-state index in [1.54, 1.807) is 29.6 Å². The Morgan fingerprint density at radius 2 is 2.00 bits per heavy atom. The summed E-state index contributed by atoms with van der Waals surface area (Å²) in [6.45, 7) is -0.0655. The van der Waals surface area contributed by atoms with E-state index in [0.29, 0.717) is 5.69 Å². The smallest absolute Gasteiger partial charge is 0.328 e. The molecule has 0 saturated carbocycles. The van der Waals surface area contributed by atoms with Crippen LogP contribution in [0.25, 0.3) is 0 Å². The van der Waals surface area contributed by atoms with E-state index in [4.69, 9.17) is 0 Å². The van der Waals surface area contributed by atoms with Crippen LogP contribution in [0, 0.1) is 0 Å². The second-order valence-corrected chi connectivity index (χ2v) is 7.33. The second-order valence-electron chi connectivity index (χ2n) is 4.48. The van der Waals surface area contributed by atoms with Crippen molar-refractivity contribution >= 4 is 44.7 Å². The molecule has 114 valence electrons. The summed E-state index contributed by atoms with van der Waals surface area (Å²) in [5.74, 6) is -0.386. The van der Waals surface area contributed by atoms with Gasteiger partial charge in [-0.1, -0.05) is 12.1 Å². The normalized spacial score (nSPS) is 15.0. The van der Waals surface area contributed by atoms with Gasteiger partial charge < -0.3 is 5.32 Å². The Hall–Kier alpha value is -2.39. The average molecular weight is 337 g/mol. The number of carbonyl (C=O) groups is 2. The van der Waals surface area contributed by atoms with E-state index in [1.165, 1.54) is 12.1 Å². The second kappa shape index (κ2) is 5.43. The van der Waals surface area contributed by atoms with Crippen LogP contribution in [0.3, 0.4) is 0 Å². The van der Waals surface area contributed by atoms with Gasteiger partial charge in [0.15, 0.2) is 0 Å². The number of carbonyl (C=O) groups excluding carboxylic acids is 2. The average Bonchev–Trinajstić information content (AvgIpc) is 3.09. The van der Waals surface area contributed by atoms with Gasteiger partial charge in [0.2, 0.25) is 0 Å². The van der Waals surface area contributed by atoms with E-state index in [9.17, 15) is 18.0 Å². The summed E-state index contributed by atoms with van der Waals surface area (Å²) < 4.78 is 26.9. The Balaban J connectivity index is 1.89. The van der Waals surface area contributed by atoms with Gasteiger partial charge in [-0.15, -0.1) is 11.3 Å². The molecule has 3 rings (SSSR count). The number of thiophene rings is 1. The Morgan fingerprint density at radius 1 is 1.18 bits per heavy atom. The molecule has 1 aromatic carbocycles. The van der Waals surface area contributed by atoms with Crippen molar-refractivity contribution in [3.8, 4) is 0 Å². The molecule has 3 amide bonds. The van der Waals surface area contributed by atoms with Gasteiger partial charge in [-0.25, -0.2) is 18.1 Å². The molecule has 0 spiro atoms. The fraction of sp³-hybridized carbons (Fsp3) is 0.0769. The van der Waals surface area contributed by atoms with Gasteiger partial charge in [0.1, 0.15) is 4.21 Å². The van der Waals surface area contributed by atoms with Gasteiger partial charge in [0.25, 0.3) is 15.9 Å². The molecule has 7 nitrogen and oxygen atoms in total. The standard InChI is InChI=1S/C13H11N3O4S2/c17-11-8-14-13(18)16(11)10-4-1-3-9(7-10)15-22(19,20)12-5-2-6-21-12/h1-7,15H,8H2,(H,14,18). The molecular weight excluding hydrogens is 326 g/mol. The van der Waals surface area contributed by atoms with Crippen LogP contribution in [-0.4, -0.2) is 26.9 Å². The highest BCUT2D eigenvalue weighted by Gasteiger charge is 2.30. The summed E-state index contributed by atoms with van der Waals surface area (Å²) in [7, 11) is -3.67. The Morgan fingerprint density at radius 3 is 2.64 bits per heavy atom. The number of amides is 3. The number of nitrogens with one attached hydrogen (secondary N) is 2. The molecule has 2 heterocycles. The molecule has 0 radical (unpaired) electrons. The number of nitrogens with zero attached hydrogens (tertiary/aromatic N) is 1. The molecule has 0 unspecified atom stereocenters. The lowest BCUT2D eigenvalue weighted by molar-refractivity contribution is -0.115. The molecule has 0 bridgehead atoms. The van der Waals surface area contributed by atoms with Crippen LogP contribution in [0.1, 0.15) is 0 Å². The van der Waals surface area contributed by atoms with E-state index >= 15 is 0 Å². The molecule has 9 heteroatoms. The molecular formula is C13H11N3O4S2. The zero-order valence-corrected chi connectivity index (χ0v) is 12.8. The molecule has 1 aliphatic heterocycles. The van der Waals surface area contributed by atoms with Crippen LogP contribution in [0.15, 0.2) is 46.0 Å². The van der Waals surface area contributed by atoms with Crippen molar-refractivity contribution in [2.45, 2.75) is 4.21 Å². The fourth-order valence-electron chi connectivity index (χ4n) is 2.01. The highest BCUT2D eigenvalue weighted by atomic mass is 32.2. The number of imide groups is 1. The third-order valence-electron chi connectivity index (χ3n) is 2.96. The number of hydrogen-bond donors (Lipinski definition) is 2. The first-order valence-corrected chi connectivity index (χ1v) is 8.61. The van der Waals surface area contributed by atoms with Crippen molar-refractivity contribution in [1.29, 1.82) is 0 Å². The zero-order valence-electron chi connectivity index (χ0n) is 11.1. The topological polar surface area (TPSA) is 95.6 Å². The van der Waals surface area contributed by atoms with E-state index in [-0.39, 0.29) is 22.3 Å². The molecule has 1 fully saturated rings. The van der Waals surface area contributed by atoms with Crippen LogP contribution in [0.2, 0.25) is 0 Å². The molecule has 2 N–H and O–H groups in total. The minimum atomic E-state index is -3.67. The molecule has 1 aromatic heterocycles. The summed E-state index contributed by atoms with van der Waals surface area (Å²) in [5, 5.41) is 4.07. The minimum Gasteiger partial charge on any atom is -0.328 e. The predicted molar refractivity (Wildman–Crippen MR) is 82.5 cm³/mol. The van der Waals surface area contributed by atoms with Crippen molar-refractivity contribution in [2.75, 3.05) is 16.2 Å². The number of anilines is 2. The monoisotopic (exact) mass is 337 g/mol. The number of hydrogen-bond acceptors (Lipinski definition) is 5. The Labute approximate surface area is 130 Å². The highest BCUT2D eigenvalue weighted by molar-refractivity contribution is 7.94. The van der Waals surface area contributed by atoms with Crippen molar-refractivity contribution < 1.29 is 18.0 Å². The number of sulfonamides is 1. The summed E-state index contributed by atoms with van der Waals surface area (Å²) in [4.78, 5) is 24.3. The highest BCUT2D eigenvalue weighted by Crippen LogP contribution is 2.25. The molecule has 22 heavy (non-hydrogen) atoms. The fourth-order valence-corrected chi connectivity index (χ4v) is 4.06. The largest absolute Gasteiger partial charge is 0.329 e.